The van der Waals surface area contributed by atoms with E-state index in [-0.39, 0.29) is 12.1 Å². The largest absolute Gasteiger partial charge is 0.336 e. The van der Waals surface area contributed by atoms with Gasteiger partial charge in [0, 0.05) is 18.6 Å². The summed E-state index contributed by atoms with van der Waals surface area (Å²) in [6.07, 6.45) is 6.92. The van der Waals surface area contributed by atoms with Crippen LogP contribution in [0.4, 0.5) is 4.79 Å². The molecular weight excluding hydrogens is 390 g/mol. The number of benzene rings is 1. The molecule has 0 bridgehead atoms. The van der Waals surface area contributed by atoms with Crippen LogP contribution < -0.4 is 5.32 Å². The fourth-order valence-electron chi connectivity index (χ4n) is 4.98. The average molecular weight is 426 g/mol. The van der Waals surface area contributed by atoms with Crippen LogP contribution in [0.5, 0.6) is 0 Å². The number of nitrogens with one attached hydrogen (secondary N) is 1. The highest BCUT2D eigenvalue weighted by atomic mass is 16.2. The van der Waals surface area contributed by atoms with Gasteiger partial charge in [-0.1, -0.05) is 31.0 Å². The molecule has 0 aliphatic carbocycles. The van der Waals surface area contributed by atoms with Gasteiger partial charge in [0.25, 0.3) is 0 Å². The van der Waals surface area contributed by atoms with E-state index in [0.717, 1.165) is 63.4 Å². The van der Waals surface area contributed by atoms with Gasteiger partial charge >= 0.3 is 6.03 Å². The Labute approximate surface area is 185 Å². The highest BCUT2D eigenvalue weighted by molar-refractivity contribution is 5.74. The fraction of sp³-hybridized carbons (Fsp3) is 0.652. The van der Waals surface area contributed by atoms with E-state index in [4.69, 9.17) is 0 Å². The third-order valence-electron chi connectivity index (χ3n) is 6.55. The first-order valence-corrected chi connectivity index (χ1v) is 11.7. The van der Waals surface area contributed by atoms with Crippen molar-refractivity contribution in [3.8, 4) is 5.69 Å². The molecule has 1 atom stereocenters. The SMILES string of the molecule is CC(C)NC(=O)N1CCCCCC1C1CCN(Cc2nnnn2-c2ccccc2)CC1. The lowest BCUT2D eigenvalue weighted by Crippen LogP contribution is -2.52. The summed E-state index contributed by atoms with van der Waals surface area (Å²) < 4.78 is 1.83. The van der Waals surface area contributed by atoms with Gasteiger partial charge in [-0.05, 0) is 81.1 Å². The topological polar surface area (TPSA) is 79.2 Å². The molecule has 2 fully saturated rings. The summed E-state index contributed by atoms with van der Waals surface area (Å²) in [7, 11) is 0. The van der Waals surface area contributed by atoms with Crippen LogP contribution >= 0.6 is 0 Å². The first-order valence-electron chi connectivity index (χ1n) is 11.7. The van der Waals surface area contributed by atoms with E-state index in [1.807, 2.05) is 48.9 Å². The minimum absolute atomic E-state index is 0.117. The molecule has 0 spiro atoms. The van der Waals surface area contributed by atoms with Crippen molar-refractivity contribution in [2.45, 2.75) is 71.0 Å². The normalized spacial score (nSPS) is 21.3. The number of amides is 2. The lowest BCUT2D eigenvalue weighted by molar-refractivity contribution is 0.0961. The molecule has 1 aromatic heterocycles. The van der Waals surface area contributed by atoms with Crippen LogP contribution in [0.2, 0.25) is 0 Å². The molecule has 1 unspecified atom stereocenters. The van der Waals surface area contributed by atoms with Gasteiger partial charge in [0.05, 0.1) is 12.2 Å². The third kappa shape index (κ3) is 5.42. The van der Waals surface area contributed by atoms with Crippen molar-refractivity contribution in [1.82, 2.24) is 35.3 Å². The highest BCUT2D eigenvalue weighted by Gasteiger charge is 2.34. The Morgan fingerprint density at radius 1 is 1.06 bits per heavy atom. The number of aromatic nitrogens is 4. The van der Waals surface area contributed by atoms with Crippen LogP contribution in [0.3, 0.4) is 0 Å². The number of likely N-dealkylation sites (tertiary alicyclic amines) is 2. The fourth-order valence-corrected chi connectivity index (χ4v) is 4.98. The van der Waals surface area contributed by atoms with E-state index in [0.29, 0.717) is 12.0 Å². The Morgan fingerprint density at radius 2 is 1.84 bits per heavy atom. The Kier molecular flexibility index (Phi) is 7.17. The van der Waals surface area contributed by atoms with Gasteiger partial charge in [-0.25, -0.2) is 4.79 Å². The molecule has 1 aromatic carbocycles. The van der Waals surface area contributed by atoms with Crippen LogP contribution in [0.15, 0.2) is 30.3 Å². The van der Waals surface area contributed by atoms with E-state index in [2.05, 4.69) is 30.6 Å². The van der Waals surface area contributed by atoms with Crippen molar-refractivity contribution in [2.75, 3.05) is 19.6 Å². The van der Waals surface area contributed by atoms with Crippen molar-refractivity contribution in [1.29, 1.82) is 0 Å². The summed E-state index contributed by atoms with van der Waals surface area (Å²) in [4.78, 5) is 17.4. The first-order chi connectivity index (χ1) is 15.1. The lowest BCUT2D eigenvalue weighted by Gasteiger charge is -2.40. The number of carbonyl (C=O) groups excluding carboxylic acids is 1. The van der Waals surface area contributed by atoms with Gasteiger partial charge in [-0.15, -0.1) is 5.10 Å². The standard InChI is InChI=1S/C23H35N7O/c1-18(2)24-23(31)29-14-8-4-7-11-21(29)19-12-15-28(16-13-19)17-22-25-26-27-30(22)20-9-5-3-6-10-20/h3,5-6,9-10,18-19,21H,4,7-8,11-17H2,1-2H3,(H,24,31). The number of para-hydroxylation sites is 1. The highest BCUT2D eigenvalue weighted by Crippen LogP contribution is 2.30. The van der Waals surface area contributed by atoms with Gasteiger partial charge in [0.2, 0.25) is 0 Å². The molecule has 0 saturated carbocycles. The number of tetrazole rings is 1. The zero-order valence-electron chi connectivity index (χ0n) is 18.8. The van der Waals surface area contributed by atoms with Crippen molar-refractivity contribution in [3.05, 3.63) is 36.2 Å². The molecule has 4 rings (SSSR count). The van der Waals surface area contributed by atoms with Gasteiger partial charge in [-0.3, -0.25) is 4.90 Å². The van der Waals surface area contributed by atoms with Crippen molar-refractivity contribution in [3.63, 3.8) is 0 Å². The van der Waals surface area contributed by atoms with Crippen molar-refractivity contribution in [2.24, 2.45) is 5.92 Å². The summed E-state index contributed by atoms with van der Waals surface area (Å²) >= 11 is 0. The zero-order chi connectivity index (χ0) is 21.6. The van der Waals surface area contributed by atoms with Crippen LogP contribution in [-0.4, -0.2) is 67.8 Å². The minimum Gasteiger partial charge on any atom is -0.336 e. The molecule has 31 heavy (non-hydrogen) atoms. The molecule has 1 N–H and O–H groups in total. The third-order valence-corrected chi connectivity index (χ3v) is 6.55. The summed E-state index contributed by atoms with van der Waals surface area (Å²) in [5.74, 6) is 1.44. The van der Waals surface area contributed by atoms with Gasteiger partial charge in [0.15, 0.2) is 5.82 Å². The van der Waals surface area contributed by atoms with Gasteiger partial charge in [0.1, 0.15) is 0 Å². The number of hydrogen-bond acceptors (Lipinski definition) is 5. The molecule has 168 valence electrons. The Bertz CT molecular complexity index is 829. The predicted molar refractivity (Wildman–Crippen MR) is 120 cm³/mol. The maximum Gasteiger partial charge on any atom is 0.317 e. The molecular formula is C23H35N7O. The quantitative estimate of drug-likeness (QED) is 0.796. The maximum absolute atomic E-state index is 12.8. The second-order valence-corrected chi connectivity index (χ2v) is 9.17. The lowest BCUT2D eigenvalue weighted by atomic mass is 9.86. The number of rotatable bonds is 5. The number of piperidine rings is 1. The van der Waals surface area contributed by atoms with E-state index < -0.39 is 0 Å². The molecule has 8 nitrogen and oxygen atoms in total. The smallest absolute Gasteiger partial charge is 0.317 e. The monoisotopic (exact) mass is 425 g/mol. The number of urea groups is 1. The zero-order valence-corrected chi connectivity index (χ0v) is 18.8. The van der Waals surface area contributed by atoms with Crippen molar-refractivity contribution >= 4 is 6.03 Å². The summed E-state index contributed by atoms with van der Waals surface area (Å²) in [6.45, 7) is 7.73. The second-order valence-electron chi connectivity index (χ2n) is 9.17. The van der Waals surface area contributed by atoms with Crippen LogP contribution in [0.1, 0.15) is 58.2 Å². The van der Waals surface area contributed by atoms with E-state index in [1.54, 1.807) is 0 Å². The summed E-state index contributed by atoms with van der Waals surface area (Å²) in [5.41, 5.74) is 0.989. The molecule has 2 aliphatic heterocycles. The number of carbonyl (C=O) groups is 1. The first kappa shape index (κ1) is 21.7. The Balaban J connectivity index is 1.37. The Hall–Kier alpha value is -2.48. The molecule has 2 amide bonds. The van der Waals surface area contributed by atoms with Gasteiger partial charge < -0.3 is 10.2 Å². The summed E-state index contributed by atoms with van der Waals surface area (Å²) in [6, 6.07) is 10.7. The Morgan fingerprint density at radius 3 is 2.58 bits per heavy atom. The van der Waals surface area contributed by atoms with Crippen molar-refractivity contribution < 1.29 is 4.79 Å². The van der Waals surface area contributed by atoms with E-state index in [9.17, 15) is 4.79 Å². The molecule has 2 aromatic rings. The molecule has 3 heterocycles. The average Bonchev–Trinajstić information content (AvgIpc) is 3.08. The van der Waals surface area contributed by atoms with Gasteiger partial charge in [-0.2, -0.15) is 4.68 Å². The predicted octanol–water partition coefficient (Wildman–Crippen LogP) is 3.24. The molecule has 8 heteroatoms. The van der Waals surface area contributed by atoms with Crippen LogP contribution in [-0.2, 0) is 6.54 Å². The number of nitrogens with zero attached hydrogens (tertiary/aromatic N) is 6. The molecule has 0 radical (unpaired) electrons. The summed E-state index contributed by atoms with van der Waals surface area (Å²) in [5, 5.41) is 15.5. The minimum atomic E-state index is 0.117. The molecule has 2 saturated heterocycles. The van der Waals surface area contributed by atoms with E-state index in [1.165, 1.54) is 12.8 Å². The second kappa shape index (κ2) is 10.2. The molecule has 2 aliphatic rings. The van der Waals surface area contributed by atoms with Crippen LogP contribution in [0.25, 0.3) is 5.69 Å². The maximum atomic E-state index is 12.8. The van der Waals surface area contributed by atoms with Crippen LogP contribution in [0, 0.1) is 5.92 Å². The van der Waals surface area contributed by atoms with E-state index >= 15 is 0 Å². The number of hydrogen-bond donors (Lipinski definition) is 1.